The van der Waals surface area contributed by atoms with Gasteiger partial charge in [-0.05, 0) is 105 Å². The highest BCUT2D eigenvalue weighted by atomic mass is 16.6. The molecule has 0 aromatic heterocycles. The zero-order valence-electron chi connectivity index (χ0n) is 18.7. The Morgan fingerprint density at radius 2 is 1.83 bits per heavy atom. The minimum absolute atomic E-state index is 0.142. The maximum Gasteiger partial charge on any atom is 0.155 e. The van der Waals surface area contributed by atoms with Crippen molar-refractivity contribution in [1.82, 2.24) is 0 Å². The fraction of sp³-hybridized carbons (Fsp3) is 0.885. The number of ether oxygens (including phenoxy) is 2. The number of epoxide rings is 2. The largest absolute Gasteiger partial charge is 0.367 e. The van der Waals surface area contributed by atoms with Crippen LogP contribution in [0.4, 0.5) is 0 Å². The summed E-state index contributed by atoms with van der Waals surface area (Å²) in [4.78, 5) is 12.1. The second kappa shape index (κ2) is 5.97. The standard InChI is InChI=1S/C26H38O3/c1-24(2)20(29-24)7-5-6-15-8-9-17-21-18(11-13-25(15,17)3)26(4)12-10-16(27)14-19(26)22-23(21)28-22/h14-15,17-18,20-23H,5-13H2,1-4H3/t15-,17-,18-,20?,21-,22?,23?,25+,26+/m0/s1. The summed E-state index contributed by atoms with van der Waals surface area (Å²) in [6.45, 7) is 9.54. The van der Waals surface area contributed by atoms with E-state index in [-0.39, 0.29) is 17.1 Å². The Hall–Kier alpha value is -0.670. The Labute approximate surface area is 176 Å². The molecular formula is C26H38O3. The minimum atomic E-state index is 0.142. The van der Waals surface area contributed by atoms with Gasteiger partial charge >= 0.3 is 0 Å². The van der Waals surface area contributed by atoms with Crippen LogP contribution < -0.4 is 0 Å². The van der Waals surface area contributed by atoms with Gasteiger partial charge < -0.3 is 9.47 Å². The first-order chi connectivity index (χ1) is 13.7. The lowest BCUT2D eigenvalue weighted by Crippen LogP contribution is -2.53. The molecule has 0 aromatic carbocycles. The maximum absolute atomic E-state index is 12.1. The summed E-state index contributed by atoms with van der Waals surface area (Å²) in [5.74, 6) is 3.48. The smallest absolute Gasteiger partial charge is 0.155 e. The van der Waals surface area contributed by atoms with Crippen LogP contribution in [-0.4, -0.2) is 29.7 Å². The molecule has 0 amide bonds. The van der Waals surface area contributed by atoms with Crippen LogP contribution in [0.25, 0.3) is 0 Å². The van der Waals surface area contributed by atoms with Crippen molar-refractivity contribution in [3.63, 3.8) is 0 Å². The number of rotatable bonds is 4. The predicted molar refractivity (Wildman–Crippen MR) is 112 cm³/mol. The first-order valence-electron chi connectivity index (χ1n) is 12.3. The lowest BCUT2D eigenvalue weighted by Gasteiger charge is -2.56. The van der Waals surface area contributed by atoms with Crippen molar-refractivity contribution in [3.05, 3.63) is 11.6 Å². The maximum atomic E-state index is 12.1. The SMILES string of the molecule is CC1(C)OC1CCC[C@H]1CC[C@H]2[C@@H]3C4OC4C4=CC(=O)CC[C@]4(C)[C@H]3CC[C@]12C. The average Bonchev–Trinajstić information content (AvgIpc) is 3.54. The summed E-state index contributed by atoms with van der Waals surface area (Å²) in [7, 11) is 0. The number of ketones is 1. The van der Waals surface area contributed by atoms with Crippen LogP contribution in [-0.2, 0) is 14.3 Å². The van der Waals surface area contributed by atoms with Crippen molar-refractivity contribution < 1.29 is 14.3 Å². The third-order valence-corrected chi connectivity index (χ3v) is 10.6. The molecule has 6 aliphatic rings. The van der Waals surface area contributed by atoms with E-state index in [1.54, 1.807) is 0 Å². The molecule has 0 N–H and O–H groups in total. The molecule has 3 unspecified atom stereocenters. The van der Waals surface area contributed by atoms with E-state index in [0.29, 0.717) is 23.4 Å². The van der Waals surface area contributed by atoms with E-state index >= 15 is 0 Å². The monoisotopic (exact) mass is 398 g/mol. The first kappa shape index (κ1) is 19.0. The highest BCUT2D eigenvalue weighted by Gasteiger charge is 2.68. The third kappa shape index (κ3) is 2.65. The molecule has 0 radical (unpaired) electrons. The highest BCUT2D eigenvalue weighted by Crippen LogP contribution is 2.70. The van der Waals surface area contributed by atoms with E-state index in [1.165, 1.54) is 50.5 Å². The normalized spacial score (nSPS) is 54.0. The molecule has 9 atom stereocenters. The molecule has 2 saturated heterocycles. The van der Waals surface area contributed by atoms with Gasteiger partial charge in [0, 0.05) is 6.42 Å². The van der Waals surface area contributed by atoms with E-state index in [2.05, 4.69) is 27.7 Å². The Morgan fingerprint density at radius 3 is 2.59 bits per heavy atom. The Bertz CT molecular complexity index is 768. The Balaban J connectivity index is 1.20. The van der Waals surface area contributed by atoms with Crippen LogP contribution in [0.3, 0.4) is 0 Å². The van der Waals surface area contributed by atoms with E-state index in [0.717, 1.165) is 36.5 Å². The van der Waals surface area contributed by atoms with Crippen molar-refractivity contribution in [2.45, 2.75) is 109 Å². The number of carbonyl (C=O) groups excluding carboxylic acids is 1. The summed E-state index contributed by atoms with van der Waals surface area (Å²) in [5.41, 5.74) is 2.22. The fourth-order valence-corrected chi connectivity index (χ4v) is 8.68. The van der Waals surface area contributed by atoms with Crippen LogP contribution in [0.5, 0.6) is 0 Å². The van der Waals surface area contributed by atoms with Gasteiger partial charge in [-0.2, -0.15) is 0 Å². The number of fused-ring (bicyclic) bond motifs is 8. The second-order valence-electron chi connectivity index (χ2n) is 12.3. The molecule has 3 saturated carbocycles. The molecule has 2 heterocycles. The lowest BCUT2D eigenvalue weighted by molar-refractivity contribution is -0.117. The van der Waals surface area contributed by atoms with Crippen LogP contribution in [0, 0.1) is 34.5 Å². The lowest BCUT2D eigenvalue weighted by atomic mass is 9.46. The summed E-state index contributed by atoms with van der Waals surface area (Å²) in [5, 5.41) is 0. The fourth-order valence-electron chi connectivity index (χ4n) is 8.68. The highest BCUT2D eigenvalue weighted by molar-refractivity contribution is 5.92. The number of hydrogen-bond donors (Lipinski definition) is 0. The molecule has 2 aliphatic heterocycles. The molecule has 4 aliphatic carbocycles. The van der Waals surface area contributed by atoms with Gasteiger partial charge in [0.05, 0.1) is 17.8 Å². The number of carbonyl (C=O) groups is 1. The van der Waals surface area contributed by atoms with Gasteiger partial charge in [0.15, 0.2) is 5.78 Å². The van der Waals surface area contributed by atoms with Gasteiger partial charge in [-0.3, -0.25) is 4.79 Å². The molecular weight excluding hydrogens is 360 g/mol. The second-order valence-corrected chi connectivity index (χ2v) is 12.3. The van der Waals surface area contributed by atoms with E-state index in [4.69, 9.17) is 9.47 Å². The van der Waals surface area contributed by atoms with Crippen LogP contribution in [0.1, 0.15) is 85.5 Å². The first-order valence-corrected chi connectivity index (χ1v) is 12.3. The van der Waals surface area contributed by atoms with Crippen molar-refractivity contribution in [2.24, 2.45) is 34.5 Å². The van der Waals surface area contributed by atoms with Gasteiger partial charge in [-0.25, -0.2) is 0 Å². The van der Waals surface area contributed by atoms with Gasteiger partial charge in [0.25, 0.3) is 0 Å². The van der Waals surface area contributed by atoms with Crippen molar-refractivity contribution in [1.29, 1.82) is 0 Å². The van der Waals surface area contributed by atoms with Crippen molar-refractivity contribution in [3.8, 4) is 0 Å². The molecule has 5 fully saturated rings. The predicted octanol–water partition coefficient (Wildman–Crippen LogP) is 5.47. The molecule has 0 bridgehead atoms. The van der Waals surface area contributed by atoms with Gasteiger partial charge in [0.1, 0.15) is 6.10 Å². The van der Waals surface area contributed by atoms with Crippen LogP contribution in [0.2, 0.25) is 0 Å². The third-order valence-electron chi connectivity index (χ3n) is 10.6. The van der Waals surface area contributed by atoms with Gasteiger partial charge in [0.2, 0.25) is 0 Å². The molecule has 0 spiro atoms. The molecule has 160 valence electrons. The quantitative estimate of drug-likeness (QED) is 0.590. The van der Waals surface area contributed by atoms with Gasteiger partial charge in [-0.1, -0.05) is 20.3 Å². The topological polar surface area (TPSA) is 42.1 Å². The molecule has 0 aromatic rings. The average molecular weight is 399 g/mol. The van der Waals surface area contributed by atoms with Crippen molar-refractivity contribution in [2.75, 3.05) is 0 Å². The Kier molecular flexibility index (Phi) is 3.92. The Morgan fingerprint density at radius 1 is 1.03 bits per heavy atom. The van der Waals surface area contributed by atoms with E-state index < -0.39 is 0 Å². The van der Waals surface area contributed by atoms with E-state index in [1.807, 2.05) is 6.08 Å². The zero-order chi connectivity index (χ0) is 20.2. The summed E-state index contributed by atoms with van der Waals surface area (Å²) < 4.78 is 12.1. The molecule has 3 nitrogen and oxygen atoms in total. The molecule has 3 heteroatoms. The summed E-state index contributed by atoms with van der Waals surface area (Å²) in [6, 6.07) is 0. The summed E-state index contributed by atoms with van der Waals surface area (Å²) in [6.07, 6.45) is 14.4. The molecule has 6 rings (SSSR count). The van der Waals surface area contributed by atoms with Crippen molar-refractivity contribution >= 4 is 5.78 Å². The van der Waals surface area contributed by atoms with E-state index in [9.17, 15) is 4.79 Å². The van der Waals surface area contributed by atoms with Gasteiger partial charge in [-0.15, -0.1) is 0 Å². The minimum Gasteiger partial charge on any atom is -0.367 e. The summed E-state index contributed by atoms with van der Waals surface area (Å²) >= 11 is 0. The molecule has 29 heavy (non-hydrogen) atoms. The zero-order valence-corrected chi connectivity index (χ0v) is 18.7. The van der Waals surface area contributed by atoms with Crippen LogP contribution >= 0.6 is 0 Å². The van der Waals surface area contributed by atoms with Crippen LogP contribution in [0.15, 0.2) is 11.6 Å². The number of hydrogen-bond acceptors (Lipinski definition) is 3.